The van der Waals surface area contributed by atoms with Crippen molar-refractivity contribution < 1.29 is 19.6 Å². The van der Waals surface area contributed by atoms with Gasteiger partial charge in [-0.05, 0) is 43.0 Å². The van der Waals surface area contributed by atoms with Crippen molar-refractivity contribution in [2.75, 3.05) is 4.90 Å². The minimum atomic E-state index is -0.488. The van der Waals surface area contributed by atoms with Crippen LogP contribution in [0.3, 0.4) is 0 Å². The standard InChI is InChI=1S/C22H20N2O5/c1-13-5-8-15(24(28)29)11-19(13)23-18-3-2-4-20(26)22(18)17(12-21(23)27)14-6-9-16(25)10-7-14/h5-11,17,25H,2-4,12H2,1H3. The van der Waals surface area contributed by atoms with E-state index < -0.39 is 4.92 Å². The maximum Gasteiger partial charge on any atom is 0.271 e. The van der Waals surface area contributed by atoms with E-state index in [0.717, 1.165) is 11.1 Å². The molecule has 7 heteroatoms. The molecule has 0 aromatic heterocycles. The summed E-state index contributed by atoms with van der Waals surface area (Å²) in [6, 6.07) is 11.0. The lowest BCUT2D eigenvalue weighted by molar-refractivity contribution is -0.384. The van der Waals surface area contributed by atoms with E-state index in [1.54, 1.807) is 37.3 Å². The van der Waals surface area contributed by atoms with Gasteiger partial charge in [0.1, 0.15) is 5.75 Å². The average Bonchev–Trinajstić information content (AvgIpc) is 2.69. The Morgan fingerprint density at radius 1 is 1.10 bits per heavy atom. The van der Waals surface area contributed by atoms with Gasteiger partial charge in [-0.1, -0.05) is 18.2 Å². The molecule has 4 rings (SSSR count). The number of anilines is 1. The zero-order chi connectivity index (χ0) is 20.7. The molecule has 2 aromatic rings. The molecule has 148 valence electrons. The van der Waals surface area contributed by atoms with Crippen LogP contribution in [0.4, 0.5) is 11.4 Å². The highest BCUT2D eigenvalue weighted by atomic mass is 16.6. The summed E-state index contributed by atoms with van der Waals surface area (Å²) in [5, 5.41) is 20.8. The maximum absolute atomic E-state index is 13.2. The van der Waals surface area contributed by atoms with Gasteiger partial charge in [-0.3, -0.25) is 24.6 Å². The van der Waals surface area contributed by atoms with E-state index in [-0.39, 0.29) is 35.5 Å². The molecule has 0 spiro atoms. The Balaban J connectivity index is 1.88. The Labute approximate surface area is 167 Å². The SMILES string of the molecule is Cc1ccc([N+](=O)[O-])cc1N1C(=O)CC(c2ccc(O)cc2)C2=C1CCCC2=O. The van der Waals surface area contributed by atoms with E-state index >= 15 is 0 Å². The minimum absolute atomic E-state index is 0.00455. The third kappa shape index (κ3) is 3.29. The summed E-state index contributed by atoms with van der Waals surface area (Å²) in [7, 11) is 0. The molecule has 0 saturated heterocycles. The van der Waals surface area contributed by atoms with Gasteiger partial charge in [-0.15, -0.1) is 0 Å². The number of Topliss-reactive ketones (excluding diaryl/α,β-unsaturated/α-hetero) is 1. The molecular formula is C22H20N2O5. The van der Waals surface area contributed by atoms with E-state index in [4.69, 9.17) is 0 Å². The molecule has 7 nitrogen and oxygen atoms in total. The van der Waals surface area contributed by atoms with Crippen LogP contribution in [0.15, 0.2) is 53.7 Å². The van der Waals surface area contributed by atoms with Gasteiger partial charge in [0, 0.05) is 42.2 Å². The van der Waals surface area contributed by atoms with Crippen molar-refractivity contribution in [3.05, 3.63) is 75.0 Å². The van der Waals surface area contributed by atoms with Gasteiger partial charge in [-0.2, -0.15) is 0 Å². The van der Waals surface area contributed by atoms with Gasteiger partial charge in [0.25, 0.3) is 5.69 Å². The van der Waals surface area contributed by atoms with Gasteiger partial charge in [0.15, 0.2) is 5.78 Å². The van der Waals surface area contributed by atoms with Crippen molar-refractivity contribution in [2.45, 2.75) is 38.5 Å². The van der Waals surface area contributed by atoms with Crippen LogP contribution in [0.5, 0.6) is 5.75 Å². The first-order chi connectivity index (χ1) is 13.9. The first-order valence-electron chi connectivity index (χ1n) is 9.50. The van der Waals surface area contributed by atoms with Crippen LogP contribution in [-0.2, 0) is 9.59 Å². The Kier molecular flexibility index (Phi) is 4.66. The third-order valence-electron chi connectivity index (χ3n) is 5.62. The monoisotopic (exact) mass is 392 g/mol. The molecule has 0 bridgehead atoms. The quantitative estimate of drug-likeness (QED) is 0.625. The fourth-order valence-corrected chi connectivity index (χ4v) is 4.22. The fourth-order valence-electron chi connectivity index (χ4n) is 4.22. The predicted octanol–water partition coefficient (Wildman–Crippen LogP) is 4.14. The predicted molar refractivity (Wildman–Crippen MR) is 107 cm³/mol. The number of nitrogens with zero attached hydrogens (tertiary/aromatic N) is 2. The van der Waals surface area contributed by atoms with E-state index in [9.17, 15) is 24.8 Å². The van der Waals surface area contributed by atoms with Gasteiger partial charge >= 0.3 is 0 Å². The Hall–Kier alpha value is -3.48. The molecule has 1 N–H and O–H groups in total. The number of rotatable bonds is 3. The number of phenols is 1. The number of hydrogen-bond acceptors (Lipinski definition) is 5. The van der Waals surface area contributed by atoms with Crippen LogP contribution in [0.25, 0.3) is 0 Å². The highest BCUT2D eigenvalue weighted by molar-refractivity contribution is 6.07. The lowest BCUT2D eigenvalue weighted by atomic mass is 9.77. The summed E-state index contributed by atoms with van der Waals surface area (Å²) >= 11 is 0. The lowest BCUT2D eigenvalue weighted by Crippen LogP contribution is -2.40. The second-order valence-corrected chi connectivity index (χ2v) is 7.44. The first kappa shape index (κ1) is 18.9. The number of nitro benzene ring substituents is 1. The normalized spacial score (nSPS) is 19.3. The fraction of sp³-hybridized carbons (Fsp3) is 0.273. The van der Waals surface area contributed by atoms with Crippen molar-refractivity contribution in [3.63, 3.8) is 0 Å². The van der Waals surface area contributed by atoms with Crippen molar-refractivity contribution in [1.82, 2.24) is 0 Å². The molecule has 1 aliphatic carbocycles. The van der Waals surface area contributed by atoms with Crippen molar-refractivity contribution in [3.8, 4) is 5.75 Å². The molecule has 1 heterocycles. The van der Waals surface area contributed by atoms with Crippen molar-refractivity contribution in [1.29, 1.82) is 0 Å². The number of allylic oxidation sites excluding steroid dienone is 2. The second-order valence-electron chi connectivity index (χ2n) is 7.44. The van der Waals surface area contributed by atoms with Crippen LogP contribution in [0.1, 0.15) is 42.7 Å². The number of benzene rings is 2. The number of aromatic hydroxyl groups is 1. The highest BCUT2D eigenvalue weighted by Gasteiger charge is 2.40. The number of nitro groups is 1. The third-order valence-corrected chi connectivity index (χ3v) is 5.62. The van der Waals surface area contributed by atoms with Crippen molar-refractivity contribution in [2.24, 2.45) is 0 Å². The summed E-state index contributed by atoms with van der Waals surface area (Å²) in [5.74, 6) is -0.444. The number of ketones is 1. The van der Waals surface area contributed by atoms with Gasteiger partial charge < -0.3 is 5.11 Å². The van der Waals surface area contributed by atoms with Crippen molar-refractivity contribution >= 4 is 23.1 Å². The Bertz CT molecular complexity index is 1060. The Morgan fingerprint density at radius 3 is 2.52 bits per heavy atom. The van der Waals surface area contributed by atoms with Gasteiger partial charge in [0.2, 0.25) is 5.91 Å². The van der Waals surface area contributed by atoms with E-state index in [2.05, 4.69) is 0 Å². The van der Waals surface area contributed by atoms with Gasteiger partial charge in [0.05, 0.1) is 10.6 Å². The van der Waals surface area contributed by atoms with Crippen LogP contribution >= 0.6 is 0 Å². The largest absolute Gasteiger partial charge is 0.508 e. The van der Waals surface area contributed by atoms with Crippen LogP contribution in [0.2, 0.25) is 0 Å². The maximum atomic E-state index is 13.2. The molecule has 29 heavy (non-hydrogen) atoms. The number of carbonyl (C=O) groups excluding carboxylic acids is 2. The van der Waals surface area contributed by atoms with Crippen LogP contribution in [0, 0.1) is 17.0 Å². The molecule has 0 saturated carbocycles. The zero-order valence-corrected chi connectivity index (χ0v) is 15.9. The summed E-state index contributed by atoms with van der Waals surface area (Å²) < 4.78 is 0. The molecule has 2 aliphatic rings. The summed E-state index contributed by atoms with van der Waals surface area (Å²) in [6.07, 6.45) is 1.71. The molecule has 0 radical (unpaired) electrons. The Morgan fingerprint density at radius 2 is 1.83 bits per heavy atom. The smallest absolute Gasteiger partial charge is 0.271 e. The van der Waals surface area contributed by atoms with E-state index in [1.165, 1.54) is 17.0 Å². The summed E-state index contributed by atoms with van der Waals surface area (Å²) in [5.41, 5.74) is 3.14. The number of aryl methyl sites for hydroxylation is 1. The number of hydrogen-bond donors (Lipinski definition) is 1. The van der Waals surface area contributed by atoms with Crippen LogP contribution < -0.4 is 4.90 Å². The topological polar surface area (TPSA) is 101 Å². The van der Waals surface area contributed by atoms with Gasteiger partial charge in [-0.25, -0.2) is 0 Å². The molecule has 1 amide bonds. The lowest BCUT2D eigenvalue weighted by Gasteiger charge is -2.38. The van der Waals surface area contributed by atoms with E-state index in [1.807, 2.05) is 0 Å². The highest BCUT2D eigenvalue weighted by Crippen LogP contribution is 2.44. The van der Waals surface area contributed by atoms with Crippen LogP contribution in [-0.4, -0.2) is 21.7 Å². The number of amides is 1. The second kappa shape index (κ2) is 7.16. The number of carbonyl (C=O) groups is 2. The molecule has 0 fully saturated rings. The summed E-state index contributed by atoms with van der Waals surface area (Å²) in [4.78, 5) is 38.3. The minimum Gasteiger partial charge on any atom is -0.508 e. The molecular weight excluding hydrogens is 372 g/mol. The molecule has 2 aromatic carbocycles. The molecule has 1 unspecified atom stereocenters. The molecule has 1 atom stereocenters. The van der Waals surface area contributed by atoms with E-state index in [0.29, 0.717) is 36.2 Å². The number of non-ortho nitro benzene ring substituents is 1. The first-order valence-corrected chi connectivity index (χ1v) is 9.50. The summed E-state index contributed by atoms with van der Waals surface area (Å²) in [6.45, 7) is 1.79. The number of phenolic OH excluding ortho intramolecular Hbond substituents is 1. The molecule has 1 aliphatic heterocycles. The zero-order valence-electron chi connectivity index (χ0n) is 15.9. The average molecular weight is 392 g/mol.